The molecule has 0 aliphatic heterocycles. The van der Waals surface area contributed by atoms with Crippen LogP contribution in [0.4, 0.5) is 13.2 Å². The van der Waals surface area contributed by atoms with Crippen molar-refractivity contribution in [2.75, 3.05) is 0 Å². The summed E-state index contributed by atoms with van der Waals surface area (Å²) >= 11 is 11.7. The van der Waals surface area contributed by atoms with Gasteiger partial charge in [0.1, 0.15) is 0 Å². The molecule has 2 aromatic rings. The number of hydrogen-bond acceptors (Lipinski definition) is 1. The lowest BCUT2D eigenvalue weighted by atomic mass is 9.85. The zero-order chi connectivity index (χ0) is 18.2. The summed E-state index contributed by atoms with van der Waals surface area (Å²) < 4.78 is 48.7. The second-order valence-corrected chi connectivity index (χ2v) is 11.7. The third-order valence-electron chi connectivity index (χ3n) is 3.36. The highest BCUT2D eigenvalue weighted by atomic mass is 35.5. The van der Waals surface area contributed by atoms with Crippen LogP contribution in [0.1, 0.15) is 11.1 Å². The Kier molecular flexibility index (Phi) is 5.40. The molecule has 0 unspecified atom stereocenters. The Bertz CT molecular complexity index is 646. The maximum Gasteiger partial charge on any atom is 0.425 e. The van der Waals surface area contributed by atoms with Crippen LogP contribution >= 0.6 is 23.2 Å². The van der Waals surface area contributed by atoms with Gasteiger partial charge in [-0.2, -0.15) is 13.2 Å². The molecule has 0 aliphatic carbocycles. The average molecular weight is 393 g/mol. The van der Waals surface area contributed by atoms with E-state index in [1.54, 1.807) is 19.6 Å². The van der Waals surface area contributed by atoms with E-state index in [2.05, 4.69) is 0 Å². The van der Waals surface area contributed by atoms with Gasteiger partial charge in [-0.3, -0.25) is 0 Å². The molecule has 0 saturated heterocycles. The number of halogens is 5. The van der Waals surface area contributed by atoms with Gasteiger partial charge in [0.25, 0.3) is 0 Å². The predicted octanol–water partition coefficient (Wildman–Crippen LogP) is 6.65. The molecule has 0 spiro atoms. The van der Waals surface area contributed by atoms with E-state index < -0.39 is 20.1 Å². The molecule has 0 atom stereocenters. The van der Waals surface area contributed by atoms with Gasteiger partial charge in [-0.25, -0.2) is 0 Å². The standard InChI is InChI=1S/C17H17Cl2F3OSi/c1-24(2,3)23-16(17(20,21)22,12-4-8-14(18)9-5-12)13-6-10-15(19)11-7-13/h4-11H,1-3H3. The van der Waals surface area contributed by atoms with Gasteiger partial charge in [-0.1, -0.05) is 47.5 Å². The van der Waals surface area contributed by atoms with Crippen molar-refractivity contribution in [3.05, 3.63) is 69.7 Å². The van der Waals surface area contributed by atoms with E-state index in [0.29, 0.717) is 10.0 Å². The van der Waals surface area contributed by atoms with E-state index in [9.17, 15) is 13.2 Å². The van der Waals surface area contributed by atoms with Gasteiger partial charge in [0, 0.05) is 10.0 Å². The summed E-state index contributed by atoms with van der Waals surface area (Å²) in [5.41, 5.74) is -2.58. The topological polar surface area (TPSA) is 9.23 Å². The molecule has 0 amide bonds. The molecule has 0 bridgehead atoms. The van der Waals surface area contributed by atoms with Gasteiger partial charge >= 0.3 is 6.18 Å². The van der Waals surface area contributed by atoms with E-state index >= 15 is 0 Å². The Labute approximate surface area is 150 Å². The predicted molar refractivity (Wildman–Crippen MR) is 94.2 cm³/mol. The summed E-state index contributed by atoms with van der Waals surface area (Å²) in [5.74, 6) is 0. The van der Waals surface area contributed by atoms with Crippen LogP contribution in [0.15, 0.2) is 48.5 Å². The first-order chi connectivity index (χ1) is 11.0. The largest absolute Gasteiger partial charge is 0.425 e. The number of hydrogen-bond donors (Lipinski definition) is 0. The molecule has 0 radical (unpaired) electrons. The van der Waals surface area contributed by atoms with Crippen LogP contribution in [0.2, 0.25) is 29.7 Å². The minimum absolute atomic E-state index is 0.0100. The van der Waals surface area contributed by atoms with E-state index in [0.717, 1.165) is 0 Å². The summed E-state index contributed by atoms with van der Waals surface area (Å²) in [6, 6.07) is 11.1. The fraction of sp³-hybridized carbons (Fsp3) is 0.294. The summed E-state index contributed by atoms with van der Waals surface area (Å²) in [6.45, 7) is 5.16. The molecule has 0 aliphatic rings. The van der Waals surface area contributed by atoms with Gasteiger partial charge in [-0.15, -0.1) is 0 Å². The van der Waals surface area contributed by atoms with Gasteiger partial charge in [-0.05, 0) is 55.0 Å². The molecular weight excluding hydrogens is 376 g/mol. The van der Waals surface area contributed by atoms with Crippen LogP contribution in [0.3, 0.4) is 0 Å². The van der Waals surface area contributed by atoms with Crippen LogP contribution < -0.4 is 0 Å². The van der Waals surface area contributed by atoms with Crippen molar-refractivity contribution in [2.45, 2.75) is 31.4 Å². The maximum atomic E-state index is 14.3. The Hall–Kier alpha value is -1.01. The van der Waals surface area contributed by atoms with E-state index in [1.165, 1.54) is 48.5 Å². The lowest BCUT2D eigenvalue weighted by Crippen LogP contribution is -2.51. The molecule has 0 heterocycles. The molecule has 0 fully saturated rings. The second-order valence-electron chi connectivity index (χ2n) is 6.41. The zero-order valence-corrected chi connectivity index (χ0v) is 15.9. The number of rotatable bonds is 4. The van der Waals surface area contributed by atoms with Crippen LogP contribution in [0, 0.1) is 0 Å². The van der Waals surface area contributed by atoms with Crippen molar-refractivity contribution in [1.29, 1.82) is 0 Å². The monoisotopic (exact) mass is 392 g/mol. The van der Waals surface area contributed by atoms with Gasteiger partial charge in [0.05, 0.1) is 0 Å². The van der Waals surface area contributed by atoms with Crippen LogP contribution in [0.5, 0.6) is 0 Å². The van der Waals surface area contributed by atoms with E-state index in [4.69, 9.17) is 27.6 Å². The molecule has 130 valence electrons. The minimum Gasteiger partial charge on any atom is -0.397 e. The van der Waals surface area contributed by atoms with Gasteiger partial charge in [0.15, 0.2) is 8.32 Å². The fourth-order valence-corrected chi connectivity index (χ4v) is 4.02. The lowest BCUT2D eigenvalue weighted by molar-refractivity contribution is -0.240. The average Bonchev–Trinajstić information content (AvgIpc) is 2.44. The van der Waals surface area contributed by atoms with Gasteiger partial charge in [0.2, 0.25) is 5.60 Å². The molecule has 0 N–H and O–H groups in total. The molecule has 0 saturated carbocycles. The number of benzene rings is 2. The lowest BCUT2D eigenvalue weighted by Gasteiger charge is -2.41. The van der Waals surface area contributed by atoms with Crippen LogP contribution in [0.25, 0.3) is 0 Å². The Morgan fingerprint density at radius 1 is 0.750 bits per heavy atom. The molecule has 2 rings (SSSR count). The molecular formula is C17H17Cl2F3OSi. The fourth-order valence-electron chi connectivity index (χ4n) is 2.50. The highest BCUT2D eigenvalue weighted by Crippen LogP contribution is 2.49. The molecule has 7 heteroatoms. The quantitative estimate of drug-likeness (QED) is 0.529. The Morgan fingerprint density at radius 3 is 1.33 bits per heavy atom. The highest BCUT2D eigenvalue weighted by Gasteiger charge is 2.60. The Balaban J connectivity index is 2.78. The minimum atomic E-state index is -4.66. The highest BCUT2D eigenvalue weighted by molar-refractivity contribution is 6.69. The maximum absolute atomic E-state index is 14.3. The first-order valence-electron chi connectivity index (χ1n) is 7.25. The SMILES string of the molecule is C[Si](C)(C)OC(c1ccc(Cl)cc1)(c1ccc(Cl)cc1)C(F)(F)F. The molecule has 24 heavy (non-hydrogen) atoms. The summed E-state index contributed by atoms with van der Waals surface area (Å²) in [4.78, 5) is 0. The second kappa shape index (κ2) is 6.71. The first-order valence-corrected chi connectivity index (χ1v) is 11.4. The zero-order valence-electron chi connectivity index (χ0n) is 13.4. The Morgan fingerprint density at radius 2 is 1.08 bits per heavy atom. The van der Waals surface area contributed by atoms with E-state index in [1.807, 2.05) is 0 Å². The van der Waals surface area contributed by atoms with Crippen molar-refractivity contribution in [2.24, 2.45) is 0 Å². The van der Waals surface area contributed by atoms with Crippen molar-refractivity contribution in [3.8, 4) is 0 Å². The number of alkyl halides is 3. The van der Waals surface area contributed by atoms with Crippen molar-refractivity contribution in [1.82, 2.24) is 0 Å². The third kappa shape index (κ3) is 3.96. The summed E-state index contributed by atoms with van der Waals surface area (Å²) in [7, 11) is -2.58. The summed E-state index contributed by atoms with van der Waals surface area (Å²) in [5, 5.41) is 0.720. The molecule has 1 nitrogen and oxygen atoms in total. The summed E-state index contributed by atoms with van der Waals surface area (Å²) in [6.07, 6.45) is -4.66. The van der Waals surface area contributed by atoms with Crippen molar-refractivity contribution < 1.29 is 17.6 Å². The first kappa shape index (κ1) is 19.3. The smallest absolute Gasteiger partial charge is 0.397 e. The van der Waals surface area contributed by atoms with Crippen molar-refractivity contribution in [3.63, 3.8) is 0 Å². The van der Waals surface area contributed by atoms with Gasteiger partial charge < -0.3 is 4.43 Å². The van der Waals surface area contributed by atoms with Crippen LogP contribution in [-0.2, 0) is 10.0 Å². The van der Waals surface area contributed by atoms with Crippen molar-refractivity contribution >= 4 is 31.5 Å². The third-order valence-corrected chi connectivity index (χ3v) is 4.78. The molecule has 2 aromatic carbocycles. The molecule has 0 aromatic heterocycles. The normalized spacial score (nSPS) is 13.2. The van der Waals surface area contributed by atoms with Crippen LogP contribution in [-0.4, -0.2) is 14.5 Å². The van der Waals surface area contributed by atoms with E-state index in [-0.39, 0.29) is 11.1 Å².